The highest BCUT2D eigenvalue weighted by Gasteiger charge is 2.27. The number of aromatic nitrogens is 1. The fourth-order valence-corrected chi connectivity index (χ4v) is 2.63. The van der Waals surface area contributed by atoms with Crippen molar-refractivity contribution in [3.05, 3.63) is 27.5 Å². The molecule has 1 aliphatic heterocycles. The molecule has 0 bridgehead atoms. The number of halogens is 1. The number of nitrogens with zero attached hydrogens (tertiary/aromatic N) is 2. The minimum absolute atomic E-state index is 0.334. The Morgan fingerprint density at radius 3 is 2.80 bits per heavy atom. The molecular weight excluding hydrogens is 324 g/mol. The van der Waals surface area contributed by atoms with Gasteiger partial charge in [-0.2, -0.15) is 0 Å². The summed E-state index contributed by atoms with van der Waals surface area (Å²) in [6, 6.07) is 0. The Bertz CT molecular complexity index is 552. The standard InChI is InChI=1S/C14H17BrN2O3/c1-14(2,3)20-13(19)17-5-4-9-6-16-11(8-18)12(15)10(9)7-17/h6,8H,4-5,7H2,1-3H3. The number of fused-ring (bicyclic) bond motifs is 1. The van der Waals surface area contributed by atoms with Crippen LogP contribution in [0.15, 0.2) is 10.7 Å². The molecule has 20 heavy (non-hydrogen) atoms. The average Bonchev–Trinajstić information content (AvgIpc) is 2.37. The SMILES string of the molecule is CC(C)(C)OC(=O)N1CCc2cnc(C=O)c(Br)c2C1. The minimum atomic E-state index is -0.513. The van der Waals surface area contributed by atoms with Gasteiger partial charge in [0.25, 0.3) is 0 Å². The Hall–Kier alpha value is -1.43. The van der Waals surface area contributed by atoms with E-state index in [0.29, 0.717) is 36.0 Å². The van der Waals surface area contributed by atoms with Crippen molar-refractivity contribution in [3.8, 4) is 0 Å². The summed E-state index contributed by atoms with van der Waals surface area (Å²) in [6.07, 6.45) is 2.78. The molecule has 0 aromatic carbocycles. The lowest BCUT2D eigenvalue weighted by Gasteiger charge is -2.31. The van der Waals surface area contributed by atoms with Crippen LogP contribution in [-0.4, -0.2) is 34.4 Å². The van der Waals surface area contributed by atoms with E-state index < -0.39 is 5.60 Å². The van der Waals surface area contributed by atoms with Gasteiger partial charge in [0, 0.05) is 12.7 Å². The van der Waals surface area contributed by atoms with Crippen molar-refractivity contribution in [1.29, 1.82) is 0 Å². The Labute approximate surface area is 126 Å². The molecule has 0 aliphatic carbocycles. The third-order valence-corrected chi connectivity index (χ3v) is 3.89. The van der Waals surface area contributed by atoms with Crippen molar-refractivity contribution in [2.75, 3.05) is 6.54 Å². The quantitative estimate of drug-likeness (QED) is 0.737. The zero-order valence-corrected chi connectivity index (χ0v) is 13.4. The fourth-order valence-electron chi connectivity index (χ4n) is 2.05. The smallest absolute Gasteiger partial charge is 0.410 e. The van der Waals surface area contributed by atoms with Gasteiger partial charge in [-0.15, -0.1) is 0 Å². The highest BCUT2D eigenvalue weighted by molar-refractivity contribution is 9.10. The van der Waals surface area contributed by atoms with Gasteiger partial charge < -0.3 is 9.64 Å². The number of aldehydes is 1. The highest BCUT2D eigenvalue weighted by Crippen LogP contribution is 2.28. The molecule has 1 amide bonds. The monoisotopic (exact) mass is 340 g/mol. The van der Waals surface area contributed by atoms with E-state index in [1.165, 1.54) is 0 Å². The van der Waals surface area contributed by atoms with Crippen molar-refractivity contribution in [3.63, 3.8) is 0 Å². The van der Waals surface area contributed by atoms with E-state index in [-0.39, 0.29) is 6.09 Å². The van der Waals surface area contributed by atoms with E-state index >= 15 is 0 Å². The van der Waals surface area contributed by atoms with Gasteiger partial charge >= 0.3 is 6.09 Å². The third-order valence-electron chi connectivity index (χ3n) is 3.00. The maximum atomic E-state index is 12.1. The number of ether oxygens (including phenoxy) is 1. The number of hydrogen-bond acceptors (Lipinski definition) is 4. The van der Waals surface area contributed by atoms with Crippen LogP contribution >= 0.6 is 15.9 Å². The first-order chi connectivity index (χ1) is 9.31. The van der Waals surface area contributed by atoms with Crippen LogP contribution in [-0.2, 0) is 17.7 Å². The van der Waals surface area contributed by atoms with Gasteiger partial charge in [0.1, 0.15) is 11.3 Å². The van der Waals surface area contributed by atoms with Crippen molar-refractivity contribution >= 4 is 28.3 Å². The predicted molar refractivity (Wildman–Crippen MR) is 77.7 cm³/mol. The largest absolute Gasteiger partial charge is 0.444 e. The Kier molecular flexibility index (Phi) is 4.13. The van der Waals surface area contributed by atoms with Crippen LogP contribution in [0.25, 0.3) is 0 Å². The highest BCUT2D eigenvalue weighted by atomic mass is 79.9. The van der Waals surface area contributed by atoms with Gasteiger partial charge in [0.2, 0.25) is 0 Å². The normalized spacial score (nSPS) is 14.7. The van der Waals surface area contributed by atoms with Gasteiger partial charge in [-0.1, -0.05) is 0 Å². The Balaban J connectivity index is 2.22. The molecule has 0 saturated carbocycles. The summed E-state index contributed by atoms with van der Waals surface area (Å²) < 4.78 is 6.04. The molecule has 0 spiro atoms. The van der Waals surface area contributed by atoms with E-state index in [1.807, 2.05) is 20.8 Å². The maximum Gasteiger partial charge on any atom is 0.410 e. The molecule has 1 aromatic rings. The lowest BCUT2D eigenvalue weighted by Crippen LogP contribution is -2.40. The second-order valence-corrected chi connectivity index (χ2v) is 6.52. The van der Waals surface area contributed by atoms with Gasteiger partial charge in [-0.3, -0.25) is 9.78 Å². The van der Waals surface area contributed by atoms with E-state index in [4.69, 9.17) is 4.74 Å². The molecule has 0 fully saturated rings. The molecule has 0 radical (unpaired) electrons. The lowest BCUT2D eigenvalue weighted by atomic mass is 10.0. The van der Waals surface area contributed by atoms with Crippen LogP contribution in [0.3, 0.4) is 0 Å². The molecule has 0 saturated heterocycles. The van der Waals surface area contributed by atoms with E-state index in [0.717, 1.165) is 11.1 Å². The molecule has 0 unspecified atom stereocenters. The van der Waals surface area contributed by atoms with Crippen molar-refractivity contribution in [1.82, 2.24) is 9.88 Å². The van der Waals surface area contributed by atoms with Crippen LogP contribution in [0.1, 0.15) is 42.4 Å². The van der Waals surface area contributed by atoms with E-state index in [1.54, 1.807) is 11.1 Å². The van der Waals surface area contributed by atoms with Gasteiger partial charge in [-0.05, 0) is 54.2 Å². The number of carbonyl (C=O) groups is 2. The number of rotatable bonds is 1. The van der Waals surface area contributed by atoms with Crippen LogP contribution < -0.4 is 0 Å². The summed E-state index contributed by atoms with van der Waals surface area (Å²) in [4.78, 5) is 28.7. The second-order valence-electron chi connectivity index (χ2n) is 5.73. The Morgan fingerprint density at radius 2 is 2.20 bits per heavy atom. The maximum absolute atomic E-state index is 12.1. The summed E-state index contributed by atoms with van der Waals surface area (Å²) in [6.45, 7) is 6.54. The zero-order chi connectivity index (χ0) is 14.9. The van der Waals surface area contributed by atoms with Gasteiger partial charge in [-0.25, -0.2) is 4.79 Å². The zero-order valence-electron chi connectivity index (χ0n) is 11.8. The summed E-state index contributed by atoms with van der Waals surface area (Å²) >= 11 is 3.39. The molecular formula is C14H17BrN2O3. The number of hydrogen-bond donors (Lipinski definition) is 0. The summed E-state index contributed by atoms with van der Waals surface area (Å²) in [5, 5.41) is 0. The first-order valence-corrected chi connectivity index (χ1v) is 7.20. The van der Waals surface area contributed by atoms with Crippen molar-refractivity contribution in [2.24, 2.45) is 0 Å². The van der Waals surface area contributed by atoms with Crippen LogP contribution in [0.4, 0.5) is 4.79 Å². The Morgan fingerprint density at radius 1 is 1.50 bits per heavy atom. The topological polar surface area (TPSA) is 59.5 Å². The molecule has 6 heteroatoms. The average molecular weight is 341 g/mol. The summed E-state index contributed by atoms with van der Waals surface area (Å²) in [5.74, 6) is 0. The molecule has 5 nitrogen and oxygen atoms in total. The second kappa shape index (κ2) is 5.52. The van der Waals surface area contributed by atoms with Crippen LogP contribution in [0.2, 0.25) is 0 Å². The molecule has 0 N–H and O–H groups in total. The molecule has 1 aromatic heterocycles. The van der Waals surface area contributed by atoms with E-state index in [2.05, 4.69) is 20.9 Å². The first-order valence-electron chi connectivity index (χ1n) is 6.41. The number of amides is 1. The summed E-state index contributed by atoms with van der Waals surface area (Å²) in [5.41, 5.74) is 1.83. The third kappa shape index (κ3) is 3.17. The van der Waals surface area contributed by atoms with Crippen molar-refractivity contribution in [2.45, 2.75) is 39.3 Å². The van der Waals surface area contributed by atoms with E-state index in [9.17, 15) is 9.59 Å². The molecule has 1 aliphatic rings. The predicted octanol–water partition coefficient (Wildman–Crippen LogP) is 2.95. The lowest BCUT2D eigenvalue weighted by molar-refractivity contribution is 0.0223. The van der Waals surface area contributed by atoms with Crippen molar-refractivity contribution < 1.29 is 14.3 Å². The number of pyridine rings is 1. The van der Waals surface area contributed by atoms with Crippen LogP contribution in [0, 0.1) is 0 Å². The molecule has 2 heterocycles. The van der Waals surface area contributed by atoms with Gasteiger partial charge in [0.15, 0.2) is 6.29 Å². The fraction of sp³-hybridized carbons (Fsp3) is 0.500. The minimum Gasteiger partial charge on any atom is -0.444 e. The molecule has 2 rings (SSSR count). The van der Waals surface area contributed by atoms with Gasteiger partial charge in [0.05, 0.1) is 11.0 Å². The molecule has 0 atom stereocenters. The summed E-state index contributed by atoms with van der Waals surface area (Å²) in [7, 11) is 0. The molecule has 108 valence electrons. The first kappa shape index (κ1) is 15.0. The van der Waals surface area contributed by atoms with Crippen LogP contribution in [0.5, 0.6) is 0 Å². The number of carbonyl (C=O) groups excluding carboxylic acids is 2.